The van der Waals surface area contributed by atoms with Crippen LogP contribution >= 0.6 is 0 Å². The first-order valence-corrected chi connectivity index (χ1v) is 8.50. The normalized spacial score (nSPS) is 10.8. The molecule has 0 saturated heterocycles. The SMILES string of the molecule is COc1ccc(Cn2ncc3c(Oc4ccc([N+](=O)[O-])cc4)ccnc32)cc1. The molecular formula is C20H16N4O4. The summed E-state index contributed by atoms with van der Waals surface area (Å²) in [6.45, 7) is 0.557. The van der Waals surface area contributed by atoms with Crippen LogP contribution in [-0.4, -0.2) is 26.8 Å². The number of non-ortho nitro benzene ring substituents is 1. The molecule has 8 nitrogen and oxygen atoms in total. The number of pyridine rings is 1. The summed E-state index contributed by atoms with van der Waals surface area (Å²) in [6.07, 6.45) is 3.35. The lowest BCUT2D eigenvalue weighted by atomic mass is 10.2. The molecule has 0 radical (unpaired) electrons. The van der Waals surface area contributed by atoms with Crippen LogP contribution in [0.15, 0.2) is 67.0 Å². The third kappa shape index (κ3) is 3.48. The van der Waals surface area contributed by atoms with Gasteiger partial charge in [0, 0.05) is 18.3 Å². The number of nitro benzene ring substituents is 1. The molecule has 2 heterocycles. The molecule has 0 atom stereocenters. The van der Waals surface area contributed by atoms with Crippen molar-refractivity contribution in [2.45, 2.75) is 6.54 Å². The van der Waals surface area contributed by atoms with E-state index in [0.717, 1.165) is 16.7 Å². The van der Waals surface area contributed by atoms with E-state index >= 15 is 0 Å². The van der Waals surface area contributed by atoms with E-state index in [1.807, 2.05) is 24.3 Å². The van der Waals surface area contributed by atoms with Crippen molar-refractivity contribution in [1.82, 2.24) is 14.8 Å². The highest BCUT2D eigenvalue weighted by molar-refractivity contribution is 5.82. The summed E-state index contributed by atoms with van der Waals surface area (Å²) in [5.74, 6) is 1.88. The van der Waals surface area contributed by atoms with Crippen molar-refractivity contribution in [3.05, 3.63) is 82.7 Å². The van der Waals surface area contributed by atoms with Gasteiger partial charge in [-0.15, -0.1) is 0 Å². The first kappa shape index (κ1) is 17.5. The smallest absolute Gasteiger partial charge is 0.269 e. The fraction of sp³-hybridized carbons (Fsp3) is 0.100. The second kappa shape index (κ2) is 7.36. The van der Waals surface area contributed by atoms with Crippen molar-refractivity contribution in [2.75, 3.05) is 7.11 Å². The topological polar surface area (TPSA) is 92.3 Å². The lowest BCUT2D eigenvalue weighted by Crippen LogP contribution is -2.02. The lowest BCUT2D eigenvalue weighted by molar-refractivity contribution is -0.384. The Bertz CT molecular complexity index is 1120. The molecule has 0 aliphatic rings. The number of methoxy groups -OCH3 is 1. The molecule has 4 aromatic rings. The van der Waals surface area contributed by atoms with E-state index in [4.69, 9.17) is 9.47 Å². The van der Waals surface area contributed by atoms with Crippen LogP contribution in [-0.2, 0) is 6.54 Å². The third-order valence-electron chi connectivity index (χ3n) is 4.27. The molecule has 0 fully saturated rings. The minimum absolute atomic E-state index is 0.0135. The number of aromatic nitrogens is 3. The van der Waals surface area contributed by atoms with Crippen molar-refractivity contribution in [3.8, 4) is 17.2 Å². The van der Waals surface area contributed by atoms with Crippen LogP contribution < -0.4 is 9.47 Å². The Morgan fingerprint density at radius 3 is 2.43 bits per heavy atom. The quantitative estimate of drug-likeness (QED) is 0.370. The summed E-state index contributed by atoms with van der Waals surface area (Å²) in [7, 11) is 1.63. The van der Waals surface area contributed by atoms with Crippen LogP contribution in [0.2, 0.25) is 0 Å². The predicted octanol–water partition coefficient (Wildman–Crippen LogP) is 4.19. The molecule has 4 rings (SSSR count). The van der Waals surface area contributed by atoms with E-state index in [2.05, 4.69) is 10.1 Å². The van der Waals surface area contributed by atoms with Gasteiger partial charge in [0.15, 0.2) is 5.65 Å². The summed E-state index contributed by atoms with van der Waals surface area (Å²) in [5, 5.41) is 16.0. The standard InChI is InChI=1S/C20H16N4O4/c1-27-16-6-2-14(3-7-16)13-23-20-18(12-22-23)19(10-11-21-20)28-17-8-4-15(5-9-17)24(25)26/h2-12H,13H2,1H3. The van der Waals surface area contributed by atoms with Crippen molar-refractivity contribution < 1.29 is 14.4 Å². The van der Waals surface area contributed by atoms with E-state index in [1.54, 1.807) is 42.4 Å². The highest BCUT2D eigenvalue weighted by Crippen LogP contribution is 2.29. The number of hydrogen-bond donors (Lipinski definition) is 0. The number of rotatable bonds is 6. The zero-order valence-electron chi connectivity index (χ0n) is 15.0. The zero-order chi connectivity index (χ0) is 19.5. The molecule has 0 saturated carbocycles. The second-order valence-corrected chi connectivity index (χ2v) is 6.05. The molecular weight excluding hydrogens is 360 g/mol. The fourth-order valence-corrected chi connectivity index (χ4v) is 2.83. The summed E-state index contributed by atoms with van der Waals surface area (Å²) in [6, 6.07) is 15.4. The molecule has 0 bridgehead atoms. The Morgan fingerprint density at radius 1 is 1.04 bits per heavy atom. The van der Waals surface area contributed by atoms with Crippen LogP contribution in [0, 0.1) is 10.1 Å². The Kier molecular flexibility index (Phi) is 4.59. The van der Waals surface area contributed by atoms with Gasteiger partial charge in [-0.3, -0.25) is 10.1 Å². The summed E-state index contributed by atoms with van der Waals surface area (Å²) in [4.78, 5) is 14.7. The largest absolute Gasteiger partial charge is 0.497 e. The number of nitrogens with zero attached hydrogens (tertiary/aromatic N) is 4. The van der Waals surface area contributed by atoms with Gasteiger partial charge in [0.25, 0.3) is 5.69 Å². The molecule has 0 N–H and O–H groups in total. The van der Waals surface area contributed by atoms with E-state index in [0.29, 0.717) is 23.7 Å². The van der Waals surface area contributed by atoms with Crippen LogP contribution in [0.1, 0.15) is 5.56 Å². The molecule has 0 amide bonds. The zero-order valence-corrected chi connectivity index (χ0v) is 15.0. The van der Waals surface area contributed by atoms with E-state index in [-0.39, 0.29) is 5.69 Å². The Labute approximate surface area is 160 Å². The van der Waals surface area contributed by atoms with Gasteiger partial charge in [-0.25, -0.2) is 9.67 Å². The molecule has 28 heavy (non-hydrogen) atoms. The van der Waals surface area contributed by atoms with Gasteiger partial charge in [0.1, 0.15) is 17.2 Å². The summed E-state index contributed by atoms with van der Waals surface area (Å²) < 4.78 is 12.9. The molecule has 0 aliphatic heterocycles. The molecule has 0 unspecified atom stereocenters. The molecule has 0 spiro atoms. The number of hydrogen-bond acceptors (Lipinski definition) is 6. The van der Waals surface area contributed by atoms with Gasteiger partial charge in [-0.2, -0.15) is 5.10 Å². The average Bonchev–Trinajstić information content (AvgIpc) is 3.13. The van der Waals surface area contributed by atoms with E-state index in [9.17, 15) is 10.1 Å². The molecule has 0 aliphatic carbocycles. The molecule has 2 aromatic heterocycles. The monoisotopic (exact) mass is 376 g/mol. The first-order chi connectivity index (χ1) is 13.6. The lowest BCUT2D eigenvalue weighted by Gasteiger charge is -2.07. The van der Waals surface area contributed by atoms with E-state index < -0.39 is 4.92 Å². The molecule has 140 valence electrons. The Hall–Kier alpha value is -3.94. The Morgan fingerprint density at radius 2 is 1.75 bits per heavy atom. The van der Waals surface area contributed by atoms with Gasteiger partial charge >= 0.3 is 0 Å². The fourth-order valence-electron chi connectivity index (χ4n) is 2.83. The van der Waals surface area contributed by atoms with Gasteiger partial charge in [0.05, 0.1) is 30.2 Å². The highest BCUT2D eigenvalue weighted by atomic mass is 16.6. The van der Waals surface area contributed by atoms with Crippen molar-refractivity contribution >= 4 is 16.7 Å². The number of fused-ring (bicyclic) bond motifs is 1. The van der Waals surface area contributed by atoms with Gasteiger partial charge in [-0.1, -0.05) is 12.1 Å². The minimum Gasteiger partial charge on any atom is -0.497 e. The second-order valence-electron chi connectivity index (χ2n) is 6.05. The maximum absolute atomic E-state index is 10.8. The van der Waals surface area contributed by atoms with Crippen LogP contribution in [0.3, 0.4) is 0 Å². The van der Waals surface area contributed by atoms with Crippen molar-refractivity contribution in [1.29, 1.82) is 0 Å². The van der Waals surface area contributed by atoms with Crippen LogP contribution in [0.4, 0.5) is 5.69 Å². The van der Waals surface area contributed by atoms with E-state index in [1.165, 1.54) is 12.1 Å². The van der Waals surface area contributed by atoms with Crippen LogP contribution in [0.5, 0.6) is 17.2 Å². The maximum Gasteiger partial charge on any atom is 0.269 e. The number of ether oxygens (including phenoxy) is 2. The summed E-state index contributed by atoms with van der Waals surface area (Å²) in [5.41, 5.74) is 1.77. The first-order valence-electron chi connectivity index (χ1n) is 8.50. The third-order valence-corrected chi connectivity index (χ3v) is 4.27. The Balaban J connectivity index is 1.59. The minimum atomic E-state index is -0.447. The van der Waals surface area contributed by atoms with Gasteiger partial charge in [0.2, 0.25) is 0 Å². The van der Waals surface area contributed by atoms with Gasteiger partial charge < -0.3 is 9.47 Å². The molecule has 2 aromatic carbocycles. The maximum atomic E-state index is 10.8. The molecule has 8 heteroatoms. The predicted molar refractivity (Wildman–Crippen MR) is 103 cm³/mol. The van der Waals surface area contributed by atoms with Crippen LogP contribution in [0.25, 0.3) is 11.0 Å². The highest BCUT2D eigenvalue weighted by Gasteiger charge is 2.12. The number of benzene rings is 2. The number of nitro groups is 1. The van der Waals surface area contributed by atoms with Crippen molar-refractivity contribution in [3.63, 3.8) is 0 Å². The van der Waals surface area contributed by atoms with Crippen molar-refractivity contribution in [2.24, 2.45) is 0 Å². The summed E-state index contributed by atoms with van der Waals surface area (Å²) >= 11 is 0. The van der Waals surface area contributed by atoms with Gasteiger partial charge in [-0.05, 0) is 35.9 Å². The average molecular weight is 376 g/mol.